The number of carbonyl (C=O) groups is 1. The molecule has 0 spiro atoms. The van der Waals surface area contributed by atoms with Crippen molar-refractivity contribution in [2.24, 2.45) is 5.92 Å². The normalized spacial score (nSPS) is 24.9. The van der Waals surface area contributed by atoms with Crippen LogP contribution >= 0.6 is 23.4 Å². The zero-order valence-corrected chi connectivity index (χ0v) is 15.4. The average Bonchev–Trinajstić information content (AvgIpc) is 2.65. The molecule has 4 heterocycles. The lowest BCUT2D eigenvalue weighted by Crippen LogP contribution is -2.57. The van der Waals surface area contributed by atoms with Gasteiger partial charge >= 0.3 is 0 Å². The Hall–Kier alpha value is -1.56. The van der Waals surface area contributed by atoms with Gasteiger partial charge in [-0.25, -0.2) is 0 Å². The molecule has 3 aliphatic rings. The van der Waals surface area contributed by atoms with E-state index >= 15 is 0 Å². The van der Waals surface area contributed by atoms with Gasteiger partial charge in [-0.3, -0.25) is 9.78 Å². The van der Waals surface area contributed by atoms with Crippen molar-refractivity contribution in [3.05, 3.63) is 53.3 Å². The summed E-state index contributed by atoms with van der Waals surface area (Å²) >= 11 is 7.71. The zero-order chi connectivity index (χ0) is 17.2. The summed E-state index contributed by atoms with van der Waals surface area (Å²) in [5.74, 6) is 0.662. The van der Waals surface area contributed by atoms with Crippen LogP contribution in [0.4, 0.5) is 0 Å². The van der Waals surface area contributed by atoms with Gasteiger partial charge in [0.2, 0.25) is 0 Å². The molecule has 1 unspecified atom stereocenters. The second-order valence-corrected chi connectivity index (χ2v) is 8.17. The minimum atomic E-state index is 0.0252. The Kier molecular flexibility index (Phi) is 4.97. The summed E-state index contributed by atoms with van der Waals surface area (Å²) in [6.07, 6.45) is 5.77. The monoisotopic (exact) mass is 373 g/mol. The highest BCUT2D eigenvalue weighted by atomic mass is 35.5. The first-order chi connectivity index (χ1) is 12.2. The Morgan fingerprint density at radius 3 is 2.60 bits per heavy atom. The van der Waals surface area contributed by atoms with E-state index in [4.69, 9.17) is 11.6 Å². The van der Waals surface area contributed by atoms with Crippen molar-refractivity contribution in [3.8, 4) is 0 Å². The third kappa shape index (κ3) is 3.84. The second-order valence-electron chi connectivity index (χ2n) is 6.65. The number of carbonyl (C=O) groups excluding carboxylic acids is 1. The van der Waals surface area contributed by atoms with E-state index in [1.54, 1.807) is 24.2 Å². The van der Waals surface area contributed by atoms with E-state index in [1.807, 2.05) is 30.3 Å². The molecule has 5 rings (SSSR count). The smallest absolute Gasteiger partial charge is 0.251 e. The van der Waals surface area contributed by atoms with E-state index in [9.17, 15) is 4.79 Å². The zero-order valence-electron chi connectivity index (χ0n) is 13.8. The molecular weight excluding hydrogens is 354 g/mol. The second kappa shape index (κ2) is 7.36. The third-order valence-electron chi connectivity index (χ3n) is 5.05. The molecule has 1 aromatic carbocycles. The van der Waals surface area contributed by atoms with Crippen LogP contribution in [0, 0.1) is 5.92 Å². The number of nitrogens with one attached hydrogen (secondary N) is 1. The van der Waals surface area contributed by atoms with Gasteiger partial charge in [0.05, 0.1) is 5.02 Å². The number of amides is 1. The van der Waals surface area contributed by atoms with Crippen LogP contribution in [-0.2, 0) is 0 Å². The lowest BCUT2D eigenvalue weighted by atomic mass is 9.84. The Morgan fingerprint density at radius 2 is 1.96 bits per heavy atom. The summed E-state index contributed by atoms with van der Waals surface area (Å²) < 4.78 is 0. The third-order valence-corrected chi connectivity index (χ3v) is 6.55. The van der Waals surface area contributed by atoms with Gasteiger partial charge in [0, 0.05) is 40.3 Å². The minimum Gasteiger partial charge on any atom is -0.348 e. The number of aromatic nitrogens is 1. The van der Waals surface area contributed by atoms with Crippen molar-refractivity contribution < 1.29 is 4.79 Å². The first kappa shape index (κ1) is 16.9. The Bertz CT molecular complexity index is 760. The van der Waals surface area contributed by atoms with Crippen LogP contribution in [0.5, 0.6) is 0 Å². The lowest BCUT2D eigenvalue weighted by Gasteiger charge is -2.44. The standard InChI is InChI=1S/C19H20ClN3OS/c20-16-11-21-8-5-18(16)25-15-3-1-14(2-4-15)19(24)22-17-12-23-9-6-13(17)7-10-23/h1-5,8,11,13,17H,6-7,9-10,12H2,(H,22,24). The van der Waals surface area contributed by atoms with Crippen LogP contribution in [0.2, 0.25) is 5.02 Å². The van der Waals surface area contributed by atoms with Crippen molar-refractivity contribution in [2.75, 3.05) is 19.6 Å². The highest BCUT2D eigenvalue weighted by molar-refractivity contribution is 7.99. The van der Waals surface area contributed by atoms with Crippen LogP contribution < -0.4 is 5.32 Å². The van der Waals surface area contributed by atoms with Gasteiger partial charge in [-0.1, -0.05) is 23.4 Å². The van der Waals surface area contributed by atoms with Gasteiger partial charge < -0.3 is 10.2 Å². The molecule has 0 radical (unpaired) electrons. The number of hydrogen-bond donors (Lipinski definition) is 1. The molecule has 1 atom stereocenters. The minimum absolute atomic E-state index is 0.0252. The van der Waals surface area contributed by atoms with Crippen LogP contribution in [0.3, 0.4) is 0 Å². The molecule has 3 fully saturated rings. The van der Waals surface area contributed by atoms with Crippen molar-refractivity contribution >= 4 is 29.3 Å². The first-order valence-electron chi connectivity index (χ1n) is 8.60. The van der Waals surface area contributed by atoms with Crippen molar-refractivity contribution in [1.29, 1.82) is 0 Å². The molecule has 1 amide bonds. The van der Waals surface area contributed by atoms with Gasteiger partial charge in [0.1, 0.15) is 0 Å². The lowest BCUT2D eigenvalue weighted by molar-refractivity contribution is 0.0620. The fourth-order valence-corrected chi connectivity index (χ4v) is 4.67. The van der Waals surface area contributed by atoms with Crippen molar-refractivity contribution in [2.45, 2.75) is 28.7 Å². The SMILES string of the molecule is O=C(NC1CN2CCC1CC2)c1ccc(Sc2ccncc2Cl)cc1. The molecule has 1 aromatic heterocycles. The van der Waals surface area contributed by atoms with E-state index in [0.717, 1.165) is 16.3 Å². The predicted molar refractivity (Wildman–Crippen MR) is 100 cm³/mol. The molecular formula is C19H20ClN3OS. The summed E-state index contributed by atoms with van der Waals surface area (Å²) in [5.41, 5.74) is 0.710. The summed E-state index contributed by atoms with van der Waals surface area (Å²) in [5, 5.41) is 3.86. The molecule has 0 saturated carbocycles. The summed E-state index contributed by atoms with van der Waals surface area (Å²) in [7, 11) is 0. The van der Waals surface area contributed by atoms with E-state index in [1.165, 1.54) is 25.9 Å². The molecule has 25 heavy (non-hydrogen) atoms. The molecule has 130 valence electrons. The fraction of sp³-hybridized carbons (Fsp3) is 0.368. The van der Waals surface area contributed by atoms with E-state index < -0.39 is 0 Å². The van der Waals surface area contributed by atoms with Crippen molar-refractivity contribution in [3.63, 3.8) is 0 Å². The van der Waals surface area contributed by atoms with Crippen LogP contribution in [0.1, 0.15) is 23.2 Å². The molecule has 6 heteroatoms. The molecule has 2 bridgehead atoms. The summed E-state index contributed by atoms with van der Waals surface area (Å²) in [4.78, 5) is 21.0. The van der Waals surface area contributed by atoms with Gasteiger partial charge in [0.15, 0.2) is 0 Å². The predicted octanol–water partition coefficient (Wildman–Crippen LogP) is 3.71. The van der Waals surface area contributed by atoms with E-state index in [-0.39, 0.29) is 5.91 Å². The fourth-order valence-electron chi connectivity index (χ4n) is 3.63. The number of fused-ring (bicyclic) bond motifs is 3. The quantitative estimate of drug-likeness (QED) is 0.887. The Morgan fingerprint density at radius 1 is 1.20 bits per heavy atom. The number of rotatable bonds is 4. The molecule has 2 aromatic rings. The molecule has 3 aliphatic heterocycles. The largest absolute Gasteiger partial charge is 0.348 e. The summed E-state index contributed by atoms with van der Waals surface area (Å²) in [6, 6.07) is 9.88. The Balaban J connectivity index is 1.40. The van der Waals surface area contributed by atoms with Crippen LogP contribution in [0.15, 0.2) is 52.5 Å². The van der Waals surface area contributed by atoms with Gasteiger partial charge in [0.25, 0.3) is 5.91 Å². The van der Waals surface area contributed by atoms with Gasteiger partial charge in [-0.05, 0) is 62.2 Å². The molecule has 4 nitrogen and oxygen atoms in total. The number of piperidine rings is 3. The maximum absolute atomic E-state index is 12.5. The van der Waals surface area contributed by atoms with Gasteiger partial charge in [-0.15, -0.1) is 0 Å². The number of pyridine rings is 1. The summed E-state index contributed by atoms with van der Waals surface area (Å²) in [6.45, 7) is 3.35. The van der Waals surface area contributed by atoms with E-state index in [0.29, 0.717) is 22.5 Å². The number of halogens is 1. The molecule has 3 saturated heterocycles. The van der Waals surface area contributed by atoms with Gasteiger partial charge in [-0.2, -0.15) is 0 Å². The highest BCUT2D eigenvalue weighted by Gasteiger charge is 2.34. The maximum Gasteiger partial charge on any atom is 0.251 e. The topological polar surface area (TPSA) is 45.2 Å². The number of hydrogen-bond acceptors (Lipinski definition) is 4. The van der Waals surface area contributed by atoms with E-state index in [2.05, 4.69) is 15.2 Å². The maximum atomic E-state index is 12.5. The number of nitrogens with zero attached hydrogens (tertiary/aromatic N) is 2. The Labute approximate surface area is 157 Å². The van der Waals surface area contributed by atoms with Crippen molar-refractivity contribution in [1.82, 2.24) is 15.2 Å². The number of benzene rings is 1. The molecule has 1 N–H and O–H groups in total. The first-order valence-corrected chi connectivity index (χ1v) is 9.79. The van der Waals surface area contributed by atoms with Crippen LogP contribution in [0.25, 0.3) is 0 Å². The highest BCUT2D eigenvalue weighted by Crippen LogP contribution is 2.32. The molecule has 0 aliphatic carbocycles. The average molecular weight is 374 g/mol. The van der Waals surface area contributed by atoms with Crippen LogP contribution in [-0.4, -0.2) is 41.5 Å².